The van der Waals surface area contributed by atoms with E-state index >= 15 is 0 Å². The summed E-state index contributed by atoms with van der Waals surface area (Å²) in [5.74, 6) is -0.0472. The van der Waals surface area contributed by atoms with Crippen LogP contribution in [0.5, 0.6) is 0 Å². The van der Waals surface area contributed by atoms with Crippen LogP contribution in [0.3, 0.4) is 0 Å². The lowest BCUT2D eigenvalue weighted by atomic mass is 9.75. The largest absolute Gasteiger partial charge is 0.417 e. The lowest BCUT2D eigenvalue weighted by Gasteiger charge is -2.32. The maximum absolute atomic E-state index is 13.1. The average Bonchev–Trinajstić information content (AvgIpc) is 3.14. The molecule has 3 rings (SSSR count). The molecule has 0 saturated heterocycles. The molecule has 1 aromatic rings. The van der Waals surface area contributed by atoms with Crippen LogP contribution >= 0.6 is 0 Å². The number of nitrogens with zero attached hydrogens (tertiary/aromatic N) is 2. The van der Waals surface area contributed by atoms with Gasteiger partial charge in [0.25, 0.3) is 0 Å². The maximum atomic E-state index is 13.1. The normalized spacial score (nSPS) is 24.9. The molecule has 124 valence electrons. The van der Waals surface area contributed by atoms with Gasteiger partial charge in [0.1, 0.15) is 17.5 Å². The van der Waals surface area contributed by atoms with Crippen molar-refractivity contribution in [2.45, 2.75) is 38.8 Å². The molecule has 1 heterocycles. The minimum atomic E-state index is -4.60. The molecule has 0 aliphatic heterocycles. The van der Waals surface area contributed by atoms with Gasteiger partial charge in [-0.25, -0.2) is 4.98 Å². The SMILES string of the molecule is Cc1cc(C(F)(F)F)c(C#N)c(NCC2(CO)CC23CCC3)n1. The number of anilines is 1. The molecule has 1 unspecified atom stereocenters. The van der Waals surface area contributed by atoms with Gasteiger partial charge in [0.15, 0.2) is 0 Å². The molecule has 2 aliphatic rings. The fourth-order valence-corrected chi connectivity index (χ4v) is 3.83. The second kappa shape index (κ2) is 5.10. The molecule has 7 heteroatoms. The second-order valence-corrected chi connectivity index (χ2v) is 6.75. The van der Waals surface area contributed by atoms with Crippen molar-refractivity contribution in [3.63, 3.8) is 0 Å². The number of hydrogen-bond donors (Lipinski definition) is 2. The van der Waals surface area contributed by atoms with Crippen LogP contribution in [-0.4, -0.2) is 23.2 Å². The molecule has 23 heavy (non-hydrogen) atoms. The molecule has 0 amide bonds. The lowest BCUT2D eigenvalue weighted by molar-refractivity contribution is -0.137. The van der Waals surface area contributed by atoms with Gasteiger partial charge < -0.3 is 10.4 Å². The molecule has 1 spiro atoms. The summed E-state index contributed by atoms with van der Waals surface area (Å²) in [5, 5.41) is 21.7. The highest BCUT2D eigenvalue weighted by molar-refractivity contribution is 5.58. The smallest absolute Gasteiger partial charge is 0.396 e. The molecule has 0 bridgehead atoms. The van der Waals surface area contributed by atoms with Crippen molar-refractivity contribution in [1.29, 1.82) is 5.26 Å². The van der Waals surface area contributed by atoms with E-state index in [1.54, 1.807) is 6.07 Å². The fourth-order valence-electron chi connectivity index (χ4n) is 3.83. The van der Waals surface area contributed by atoms with E-state index in [-0.39, 0.29) is 28.9 Å². The van der Waals surface area contributed by atoms with Crippen molar-refractivity contribution in [3.8, 4) is 6.07 Å². The Kier molecular flexibility index (Phi) is 3.56. The third-order valence-corrected chi connectivity index (χ3v) is 5.45. The number of hydrogen-bond acceptors (Lipinski definition) is 4. The van der Waals surface area contributed by atoms with Crippen LogP contribution < -0.4 is 5.32 Å². The number of aryl methyl sites for hydroxylation is 1. The van der Waals surface area contributed by atoms with Crippen LogP contribution in [0.4, 0.5) is 19.0 Å². The number of aliphatic hydroxyl groups excluding tert-OH is 1. The van der Waals surface area contributed by atoms with Gasteiger partial charge >= 0.3 is 6.18 Å². The first kappa shape index (κ1) is 16.1. The first-order valence-electron chi connectivity index (χ1n) is 7.61. The van der Waals surface area contributed by atoms with E-state index in [4.69, 9.17) is 5.26 Å². The molecule has 0 radical (unpaired) electrons. The van der Waals surface area contributed by atoms with E-state index < -0.39 is 17.3 Å². The van der Waals surface area contributed by atoms with Gasteiger partial charge in [-0.15, -0.1) is 0 Å². The summed E-state index contributed by atoms with van der Waals surface area (Å²) in [6.07, 6.45) is -0.487. The number of aliphatic hydroxyl groups is 1. The number of alkyl halides is 3. The van der Waals surface area contributed by atoms with E-state index in [0.717, 1.165) is 31.7 Å². The first-order chi connectivity index (χ1) is 10.8. The van der Waals surface area contributed by atoms with Crippen molar-refractivity contribution in [1.82, 2.24) is 4.98 Å². The van der Waals surface area contributed by atoms with Crippen LogP contribution in [0, 0.1) is 29.1 Å². The van der Waals surface area contributed by atoms with Gasteiger partial charge in [-0.2, -0.15) is 18.4 Å². The highest BCUT2D eigenvalue weighted by Gasteiger charge is 2.68. The molecule has 1 aromatic heterocycles. The third kappa shape index (κ3) is 2.45. The van der Waals surface area contributed by atoms with Gasteiger partial charge in [-0.3, -0.25) is 0 Å². The zero-order chi connectivity index (χ0) is 16.9. The Labute approximate surface area is 132 Å². The van der Waals surface area contributed by atoms with Crippen LogP contribution in [-0.2, 0) is 6.18 Å². The van der Waals surface area contributed by atoms with E-state index in [1.807, 2.05) is 0 Å². The van der Waals surface area contributed by atoms with Gasteiger partial charge in [0, 0.05) is 17.7 Å². The maximum Gasteiger partial charge on any atom is 0.417 e. The monoisotopic (exact) mass is 325 g/mol. The Morgan fingerprint density at radius 3 is 2.57 bits per heavy atom. The molecular weight excluding hydrogens is 307 g/mol. The van der Waals surface area contributed by atoms with E-state index in [9.17, 15) is 18.3 Å². The quantitative estimate of drug-likeness (QED) is 0.892. The van der Waals surface area contributed by atoms with E-state index in [2.05, 4.69) is 10.3 Å². The Morgan fingerprint density at radius 1 is 1.43 bits per heavy atom. The van der Waals surface area contributed by atoms with Crippen molar-refractivity contribution in [2.75, 3.05) is 18.5 Å². The molecule has 1 atom stereocenters. The summed E-state index contributed by atoms with van der Waals surface area (Å²) >= 11 is 0. The highest BCUT2D eigenvalue weighted by Crippen LogP contribution is 2.73. The summed E-state index contributed by atoms with van der Waals surface area (Å²) in [7, 11) is 0. The average molecular weight is 325 g/mol. The predicted molar refractivity (Wildman–Crippen MR) is 77.6 cm³/mol. The molecule has 2 aliphatic carbocycles. The van der Waals surface area contributed by atoms with Crippen molar-refractivity contribution in [2.24, 2.45) is 10.8 Å². The van der Waals surface area contributed by atoms with Crippen LogP contribution in [0.15, 0.2) is 6.07 Å². The topological polar surface area (TPSA) is 68.9 Å². The highest BCUT2D eigenvalue weighted by atomic mass is 19.4. The Bertz CT molecular complexity index is 676. The van der Waals surface area contributed by atoms with Gasteiger partial charge in [-0.05, 0) is 37.7 Å². The fraction of sp³-hybridized carbons (Fsp3) is 0.625. The third-order valence-electron chi connectivity index (χ3n) is 5.45. The minimum Gasteiger partial charge on any atom is -0.396 e. The molecule has 2 saturated carbocycles. The molecule has 2 N–H and O–H groups in total. The molecule has 0 aromatic carbocycles. The Balaban J connectivity index is 1.86. The van der Waals surface area contributed by atoms with Crippen molar-refractivity contribution in [3.05, 3.63) is 22.9 Å². The van der Waals surface area contributed by atoms with E-state index in [0.29, 0.717) is 6.54 Å². The summed E-state index contributed by atoms with van der Waals surface area (Å²) in [6.45, 7) is 1.81. The Morgan fingerprint density at radius 2 is 2.13 bits per heavy atom. The number of rotatable bonds is 4. The number of nitrogens with one attached hydrogen (secondary N) is 1. The number of nitriles is 1. The Hall–Kier alpha value is -1.81. The van der Waals surface area contributed by atoms with Crippen LogP contribution in [0.2, 0.25) is 0 Å². The summed E-state index contributed by atoms with van der Waals surface area (Å²) in [6, 6.07) is 2.50. The summed E-state index contributed by atoms with van der Waals surface area (Å²) in [5.41, 5.74) is -1.41. The number of pyridine rings is 1. The number of halogens is 3. The standard InChI is InChI=1S/C16H18F3N3O/c1-10-5-12(16(17,18)19)11(6-20)13(22-10)21-8-15(9-23)7-14(15)3-2-4-14/h5,23H,2-4,7-9H2,1H3,(H,21,22). The number of aromatic nitrogens is 1. The first-order valence-corrected chi connectivity index (χ1v) is 7.61. The molecule has 2 fully saturated rings. The van der Waals surface area contributed by atoms with Crippen LogP contribution in [0.25, 0.3) is 0 Å². The second-order valence-electron chi connectivity index (χ2n) is 6.75. The van der Waals surface area contributed by atoms with Crippen LogP contribution in [0.1, 0.15) is 42.5 Å². The summed E-state index contributed by atoms with van der Waals surface area (Å²) in [4.78, 5) is 4.06. The zero-order valence-electron chi connectivity index (χ0n) is 12.8. The molecule has 4 nitrogen and oxygen atoms in total. The van der Waals surface area contributed by atoms with Gasteiger partial charge in [0.05, 0.1) is 12.2 Å². The summed E-state index contributed by atoms with van der Waals surface area (Å²) < 4.78 is 39.3. The lowest BCUT2D eigenvalue weighted by Crippen LogP contribution is -2.31. The van der Waals surface area contributed by atoms with Gasteiger partial charge in [0.2, 0.25) is 0 Å². The predicted octanol–water partition coefficient (Wildman–Crippen LogP) is 3.25. The van der Waals surface area contributed by atoms with Crippen molar-refractivity contribution < 1.29 is 18.3 Å². The van der Waals surface area contributed by atoms with Crippen molar-refractivity contribution >= 4 is 5.82 Å². The zero-order valence-corrected chi connectivity index (χ0v) is 12.8. The minimum absolute atomic E-state index is 0.000168. The van der Waals surface area contributed by atoms with Gasteiger partial charge in [-0.1, -0.05) is 6.42 Å². The molecular formula is C16H18F3N3O. The van der Waals surface area contributed by atoms with E-state index in [1.165, 1.54) is 6.92 Å².